The molecule has 6 heteroatoms. The zero-order chi connectivity index (χ0) is 23.5. The van der Waals surface area contributed by atoms with E-state index < -0.39 is 0 Å². The summed E-state index contributed by atoms with van der Waals surface area (Å²) in [7, 11) is 1.66. The van der Waals surface area contributed by atoms with Gasteiger partial charge in [-0.25, -0.2) is 0 Å². The van der Waals surface area contributed by atoms with Crippen molar-refractivity contribution in [2.24, 2.45) is 17.3 Å². The minimum Gasteiger partial charge on any atom is -0.497 e. The van der Waals surface area contributed by atoms with E-state index in [1.165, 1.54) is 0 Å². The van der Waals surface area contributed by atoms with Gasteiger partial charge in [-0.15, -0.1) is 0 Å². The number of rotatable bonds is 7. The molecule has 4 nitrogen and oxygen atoms in total. The Morgan fingerprint density at radius 1 is 1.12 bits per heavy atom. The molecule has 32 heavy (non-hydrogen) atoms. The van der Waals surface area contributed by atoms with Crippen molar-refractivity contribution in [1.29, 1.82) is 0 Å². The Kier molecular flexibility index (Phi) is 7.88. The molecular weight excluding hydrogens is 436 g/mol. The summed E-state index contributed by atoms with van der Waals surface area (Å²) in [6.07, 6.45) is 0. The van der Waals surface area contributed by atoms with Crippen molar-refractivity contribution < 1.29 is 9.53 Å². The molecule has 1 fully saturated rings. The number of thiocarbonyl (C=S) groups is 1. The number of nitrogens with one attached hydrogen (secondary N) is 1. The number of methoxy groups -OCH3 is 1. The molecule has 1 aliphatic rings. The van der Waals surface area contributed by atoms with Gasteiger partial charge in [0.1, 0.15) is 10.1 Å². The number of hydrogen-bond acceptors (Lipinski definition) is 5. The van der Waals surface area contributed by atoms with Crippen LogP contribution in [0.3, 0.4) is 0 Å². The maximum Gasteiger partial charge on any atom is 0.234 e. The average Bonchev–Trinajstić information content (AvgIpc) is 3.15. The highest BCUT2D eigenvalue weighted by atomic mass is 32.2. The van der Waals surface area contributed by atoms with Gasteiger partial charge in [0, 0.05) is 17.5 Å². The number of anilines is 1. The summed E-state index contributed by atoms with van der Waals surface area (Å²) in [6, 6.07) is 18.0. The first-order valence-electron chi connectivity index (χ1n) is 11.1. The number of benzene rings is 2. The number of nitrogens with zero attached hydrogens (tertiary/aromatic N) is 1. The van der Waals surface area contributed by atoms with Crippen LogP contribution >= 0.6 is 24.0 Å². The fraction of sp³-hybridized carbons (Fsp3) is 0.462. The smallest absolute Gasteiger partial charge is 0.234 e. The lowest BCUT2D eigenvalue weighted by Crippen LogP contribution is -2.50. The van der Waals surface area contributed by atoms with Crippen LogP contribution in [0.15, 0.2) is 54.6 Å². The predicted octanol–water partition coefficient (Wildman–Crippen LogP) is 6.40. The van der Waals surface area contributed by atoms with Gasteiger partial charge in [0.15, 0.2) is 0 Å². The predicted molar refractivity (Wildman–Crippen MR) is 139 cm³/mol. The molecule has 0 spiro atoms. The first-order valence-corrected chi connectivity index (χ1v) is 12.5. The van der Waals surface area contributed by atoms with Crippen molar-refractivity contribution in [2.45, 2.75) is 46.7 Å². The van der Waals surface area contributed by atoms with E-state index in [4.69, 9.17) is 17.0 Å². The summed E-state index contributed by atoms with van der Waals surface area (Å²) >= 11 is 7.27. The van der Waals surface area contributed by atoms with E-state index >= 15 is 0 Å². The van der Waals surface area contributed by atoms with Crippen molar-refractivity contribution in [3.63, 3.8) is 0 Å². The maximum absolute atomic E-state index is 14.2. The van der Waals surface area contributed by atoms with Crippen molar-refractivity contribution in [1.82, 2.24) is 4.90 Å². The van der Waals surface area contributed by atoms with Gasteiger partial charge in [0.05, 0.1) is 19.1 Å². The Hall–Kier alpha value is -2.05. The van der Waals surface area contributed by atoms with E-state index in [0.29, 0.717) is 10.2 Å². The molecule has 1 saturated heterocycles. The molecule has 3 atom stereocenters. The van der Waals surface area contributed by atoms with Crippen LogP contribution in [-0.4, -0.2) is 34.0 Å². The molecule has 1 amide bonds. The Morgan fingerprint density at radius 2 is 1.75 bits per heavy atom. The summed E-state index contributed by atoms with van der Waals surface area (Å²) in [5, 5.41) is 3.66. The van der Waals surface area contributed by atoms with Gasteiger partial charge in [0.25, 0.3) is 0 Å². The highest BCUT2D eigenvalue weighted by Crippen LogP contribution is 2.42. The maximum atomic E-state index is 14.2. The van der Waals surface area contributed by atoms with Crippen molar-refractivity contribution >= 4 is 39.9 Å². The standard InChI is InChI=1S/C26H34N2O2S2/c1-17(2)21-16-32-25(31)28(21)24(29)22(26(3,4)5)23(18-10-8-7-9-11-18)27-19-12-14-20(30-6)15-13-19/h7-15,17,21-23,27H,16H2,1-6H3/t21-,22-,23-/m1/s1. The van der Waals surface area contributed by atoms with E-state index in [2.05, 4.69) is 52.1 Å². The summed E-state index contributed by atoms with van der Waals surface area (Å²) in [5.41, 5.74) is 1.73. The molecule has 0 aliphatic carbocycles. The highest BCUT2D eigenvalue weighted by Gasteiger charge is 2.46. The zero-order valence-corrected chi connectivity index (χ0v) is 21.4. The summed E-state index contributed by atoms with van der Waals surface area (Å²) in [6.45, 7) is 10.7. The van der Waals surface area contributed by atoms with Gasteiger partial charge in [0.2, 0.25) is 5.91 Å². The van der Waals surface area contributed by atoms with Gasteiger partial charge >= 0.3 is 0 Å². The molecule has 0 saturated carbocycles. The molecular formula is C26H34N2O2S2. The van der Waals surface area contributed by atoms with Crippen LogP contribution in [0.4, 0.5) is 5.69 Å². The minimum absolute atomic E-state index is 0.0982. The normalized spacial score (nSPS) is 18.5. The molecule has 2 aromatic carbocycles. The molecule has 172 valence electrons. The third-order valence-corrected chi connectivity index (χ3v) is 7.52. The number of amides is 1. The van der Waals surface area contributed by atoms with Gasteiger partial charge < -0.3 is 10.1 Å². The van der Waals surface area contributed by atoms with Crippen LogP contribution in [0.2, 0.25) is 0 Å². The molecule has 1 heterocycles. The number of thioether (sulfide) groups is 1. The molecule has 0 aromatic heterocycles. The third kappa shape index (κ3) is 5.46. The van der Waals surface area contributed by atoms with Gasteiger partial charge in [-0.05, 0) is 41.2 Å². The molecule has 0 radical (unpaired) electrons. The number of carbonyl (C=O) groups is 1. The first kappa shape index (κ1) is 24.6. The Balaban J connectivity index is 2.04. The third-order valence-electron chi connectivity index (χ3n) is 6.02. The van der Waals surface area contributed by atoms with E-state index in [9.17, 15) is 4.79 Å². The van der Waals surface area contributed by atoms with Gasteiger partial charge in [-0.1, -0.05) is 88.9 Å². The van der Waals surface area contributed by atoms with Crippen LogP contribution in [0.25, 0.3) is 0 Å². The van der Waals surface area contributed by atoms with Crippen molar-refractivity contribution in [3.8, 4) is 5.75 Å². The average molecular weight is 471 g/mol. The van der Waals surface area contributed by atoms with E-state index in [1.807, 2.05) is 47.4 Å². The SMILES string of the molecule is COc1ccc(N[C@H](c2ccccc2)[C@H](C(=O)N2C(=S)SC[C@@H]2C(C)C)C(C)(C)C)cc1. The summed E-state index contributed by atoms with van der Waals surface area (Å²) in [4.78, 5) is 16.1. The second-order valence-electron chi connectivity index (χ2n) is 9.70. The molecule has 1 N–H and O–H groups in total. The number of hydrogen-bond donors (Lipinski definition) is 1. The second-order valence-corrected chi connectivity index (χ2v) is 11.4. The fourth-order valence-electron chi connectivity index (χ4n) is 4.23. The van der Waals surface area contributed by atoms with Crippen LogP contribution in [-0.2, 0) is 4.79 Å². The number of ether oxygens (including phenoxy) is 1. The summed E-state index contributed by atoms with van der Waals surface area (Å²) < 4.78 is 6.00. The van der Waals surface area contributed by atoms with Gasteiger partial charge in [-0.2, -0.15) is 0 Å². The molecule has 1 aliphatic heterocycles. The quantitative estimate of drug-likeness (QED) is 0.475. The van der Waals surface area contributed by atoms with Crippen LogP contribution < -0.4 is 10.1 Å². The topological polar surface area (TPSA) is 41.6 Å². The lowest BCUT2D eigenvalue weighted by Gasteiger charge is -2.41. The Labute approximate surface area is 202 Å². The van der Waals surface area contributed by atoms with E-state index in [-0.39, 0.29) is 29.3 Å². The highest BCUT2D eigenvalue weighted by molar-refractivity contribution is 8.23. The zero-order valence-electron chi connectivity index (χ0n) is 19.8. The van der Waals surface area contributed by atoms with Crippen molar-refractivity contribution in [3.05, 3.63) is 60.2 Å². The van der Waals surface area contributed by atoms with E-state index in [0.717, 1.165) is 22.8 Å². The summed E-state index contributed by atoms with van der Waals surface area (Å²) in [5.74, 6) is 1.79. The molecule has 3 rings (SSSR count). The van der Waals surface area contributed by atoms with E-state index in [1.54, 1.807) is 18.9 Å². The molecule has 0 unspecified atom stereocenters. The Morgan fingerprint density at radius 3 is 2.28 bits per heavy atom. The van der Waals surface area contributed by atoms with Crippen LogP contribution in [0, 0.1) is 17.3 Å². The molecule has 0 bridgehead atoms. The number of carbonyl (C=O) groups excluding carboxylic acids is 1. The van der Waals surface area contributed by atoms with Crippen molar-refractivity contribution in [2.75, 3.05) is 18.2 Å². The largest absolute Gasteiger partial charge is 0.497 e. The second kappa shape index (κ2) is 10.3. The molecule has 2 aromatic rings. The van der Waals surface area contributed by atoms with Gasteiger partial charge in [-0.3, -0.25) is 9.69 Å². The first-order chi connectivity index (χ1) is 15.1. The monoisotopic (exact) mass is 470 g/mol. The van der Waals surface area contributed by atoms with Crippen LogP contribution in [0.5, 0.6) is 5.75 Å². The van der Waals surface area contributed by atoms with Crippen LogP contribution in [0.1, 0.15) is 46.2 Å². The minimum atomic E-state index is -0.315. The lowest BCUT2D eigenvalue weighted by atomic mass is 9.73. The lowest BCUT2D eigenvalue weighted by molar-refractivity contribution is -0.137. The Bertz CT molecular complexity index is 923. The fourth-order valence-corrected chi connectivity index (χ4v) is 5.87.